The zero-order valence-corrected chi connectivity index (χ0v) is 18.1. The highest BCUT2D eigenvalue weighted by atomic mass is 32.2. The fourth-order valence-electron chi connectivity index (χ4n) is 4.30. The van der Waals surface area contributed by atoms with E-state index in [1.165, 1.54) is 17.3 Å². The molecular formula is C23H25N3O3S. The molecule has 2 N–H and O–H groups in total. The third kappa shape index (κ3) is 3.58. The number of benzene rings is 2. The predicted molar refractivity (Wildman–Crippen MR) is 120 cm³/mol. The van der Waals surface area contributed by atoms with E-state index in [4.69, 9.17) is 0 Å². The Kier molecular flexibility index (Phi) is 5.56. The molecule has 2 aliphatic rings. The van der Waals surface area contributed by atoms with Crippen LogP contribution in [0.15, 0.2) is 36.4 Å². The summed E-state index contributed by atoms with van der Waals surface area (Å²) in [6.45, 7) is 4.57. The minimum atomic E-state index is -0.695. The van der Waals surface area contributed by atoms with Crippen molar-refractivity contribution in [1.29, 1.82) is 0 Å². The van der Waals surface area contributed by atoms with Crippen LogP contribution in [0, 0.1) is 13.8 Å². The summed E-state index contributed by atoms with van der Waals surface area (Å²) in [5, 5.41) is 5.83. The SMILES string of the molecule is CSCC(=O)NC1CCN2C(=O)c3cc(-c4cccc(C)c4C)ccc3NC(=O)C12. The minimum Gasteiger partial charge on any atom is -0.350 e. The summed E-state index contributed by atoms with van der Waals surface area (Å²) in [4.78, 5) is 40.0. The topological polar surface area (TPSA) is 78.5 Å². The van der Waals surface area contributed by atoms with E-state index in [2.05, 4.69) is 30.5 Å². The highest BCUT2D eigenvalue weighted by Gasteiger charge is 2.45. The number of amides is 3. The summed E-state index contributed by atoms with van der Waals surface area (Å²) in [7, 11) is 0. The highest BCUT2D eigenvalue weighted by Crippen LogP contribution is 2.33. The van der Waals surface area contributed by atoms with E-state index in [9.17, 15) is 14.4 Å². The summed E-state index contributed by atoms with van der Waals surface area (Å²) in [6.07, 6.45) is 2.42. The monoisotopic (exact) mass is 423 g/mol. The first-order chi connectivity index (χ1) is 14.4. The number of rotatable bonds is 4. The molecule has 2 unspecified atom stereocenters. The van der Waals surface area contributed by atoms with Gasteiger partial charge in [0.2, 0.25) is 11.8 Å². The summed E-state index contributed by atoms with van der Waals surface area (Å²) in [6, 6.07) is 10.6. The molecule has 2 heterocycles. The van der Waals surface area contributed by atoms with Crippen LogP contribution in [0.2, 0.25) is 0 Å². The van der Waals surface area contributed by atoms with Gasteiger partial charge in [-0.15, -0.1) is 0 Å². The number of thioether (sulfide) groups is 1. The lowest BCUT2D eigenvalue weighted by atomic mass is 9.95. The van der Waals surface area contributed by atoms with Crippen LogP contribution in [0.4, 0.5) is 5.69 Å². The molecule has 1 fully saturated rings. The smallest absolute Gasteiger partial charge is 0.256 e. The largest absolute Gasteiger partial charge is 0.350 e. The van der Waals surface area contributed by atoms with Gasteiger partial charge < -0.3 is 15.5 Å². The zero-order valence-electron chi connectivity index (χ0n) is 17.3. The summed E-state index contributed by atoms with van der Waals surface area (Å²) >= 11 is 1.43. The zero-order chi connectivity index (χ0) is 21.4. The number of hydrogen-bond donors (Lipinski definition) is 2. The van der Waals surface area contributed by atoms with Gasteiger partial charge in [0.15, 0.2) is 0 Å². The maximum atomic E-state index is 13.4. The van der Waals surface area contributed by atoms with Gasteiger partial charge in [-0.3, -0.25) is 14.4 Å². The van der Waals surface area contributed by atoms with Crippen molar-refractivity contribution in [3.05, 3.63) is 53.1 Å². The number of aryl methyl sites for hydroxylation is 1. The van der Waals surface area contributed by atoms with Crippen LogP contribution < -0.4 is 10.6 Å². The summed E-state index contributed by atoms with van der Waals surface area (Å²) in [5.74, 6) is -0.220. The maximum Gasteiger partial charge on any atom is 0.256 e. The van der Waals surface area contributed by atoms with Crippen LogP contribution in [-0.2, 0) is 9.59 Å². The molecule has 1 saturated heterocycles. The minimum absolute atomic E-state index is 0.117. The van der Waals surface area contributed by atoms with Crippen molar-refractivity contribution in [2.45, 2.75) is 32.4 Å². The molecule has 6 nitrogen and oxygen atoms in total. The first kappa shape index (κ1) is 20.5. The van der Waals surface area contributed by atoms with Crippen LogP contribution in [-0.4, -0.2) is 53.3 Å². The molecule has 2 aromatic carbocycles. The second-order valence-corrected chi connectivity index (χ2v) is 8.70. The van der Waals surface area contributed by atoms with Crippen LogP contribution in [0.3, 0.4) is 0 Å². The van der Waals surface area contributed by atoms with Gasteiger partial charge in [-0.2, -0.15) is 11.8 Å². The van der Waals surface area contributed by atoms with E-state index in [-0.39, 0.29) is 23.8 Å². The Morgan fingerprint density at radius 3 is 2.77 bits per heavy atom. The summed E-state index contributed by atoms with van der Waals surface area (Å²) in [5.41, 5.74) is 5.37. The standard InChI is InChI=1S/C23H25N3O3S/c1-13-5-4-6-16(14(13)2)15-7-8-18-17(11-15)23(29)26-10-9-19(21(26)22(28)25-18)24-20(27)12-30-3/h4-8,11,19,21H,9-10,12H2,1-3H3,(H,24,27)(H,25,28). The Balaban J connectivity index is 1.68. The number of hydrogen-bond acceptors (Lipinski definition) is 4. The van der Waals surface area contributed by atoms with Gasteiger partial charge in [0.1, 0.15) is 6.04 Å². The van der Waals surface area contributed by atoms with Crippen LogP contribution in [0.5, 0.6) is 0 Å². The molecule has 2 aromatic rings. The molecule has 0 aliphatic carbocycles. The second kappa shape index (κ2) is 8.14. The lowest BCUT2D eigenvalue weighted by molar-refractivity contribution is -0.122. The van der Waals surface area contributed by atoms with Crippen molar-refractivity contribution in [3.63, 3.8) is 0 Å². The Hall–Kier alpha value is -2.80. The fourth-order valence-corrected chi connectivity index (χ4v) is 4.64. The molecule has 0 spiro atoms. The predicted octanol–water partition coefficient (Wildman–Crippen LogP) is 2.98. The molecule has 3 amide bonds. The first-order valence-electron chi connectivity index (χ1n) is 10.0. The summed E-state index contributed by atoms with van der Waals surface area (Å²) < 4.78 is 0. The third-order valence-corrected chi connectivity index (χ3v) is 6.52. The molecule has 0 saturated carbocycles. The van der Waals surface area contributed by atoms with Crippen molar-refractivity contribution in [1.82, 2.24) is 10.2 Å². The van der Waals surface area contributed by atoms with Crippen LogP contribution in [0.25, 0.3) is 11.1 Å². The van der Waals surface area contributed by atoms with E-state index in [1.807, 2.05) is 30.5 Å². The van der Waals surface area contributed by atoms with Crippen LogP contribution in [0.1, 0.15) is 27.9 Å². The molecule has 30 heavy (non-hydrogen) atoms. The van der Waals surface area contributed by atoms with Crippen molar-refractivity contribution < 1.29 is 14.4 Å². The molecule has 2 aliphatic heterocycles. The first-order valence-corrected chi connectivity index (χ1v) is 11.4. The van der Waals surface area contributed by atoms with Gasteiger partial charge in [-0.05, 0) is 60.9 Å². The van der Waals surface area contributed by atoms with E-state index < -0.39 is 6.04 Å². The molecule has 0 bridgehead atoms. The Morgan fingerprint density at radius 1 is 1.20 bits per heavy atom. The van der Waals surface area contributed by atoms with E-state index in [1.54, 1.807) is 11.0 Å². The Morgan fingerprint density at radius 2 is 2.00 bits per heavy atom. The van der Waals surface area contributed by atoms with Crippen molar-refractivity contribution in [2.75, 3.05) is 23.9 Å². The quantitative estimate of drug-likeness (QED) is 0.793. The number of nitrogens with zero attached hydrogens (tertiary/aromatic N) is 1. The average molecular weight is 424 g/mol. The van der Waals surface area contributed by atoms with Gasteiger partial charge in [0.05, 0.1) is 23.0 Å². The van der Waals surface area contributed by atoms with Gasteiger partial charge in [-0.1, -0.05) is 24.3 Å². The Bertz CT molecular complexity index is 1040. The van der Waals surface area contributed by atoms with E-state index in [0.717, 1.165) is 16.7 Å². The molecule has 0 radical (unpaired) electrons. The number of fused-ring (bicyclic) bond motifs is 2. The van der Waals surface area contributed by atoms with E-state index >= 15 is 0 Å². The maximum absolute atomic E-state index is 13.4. The van der Waals surface area contributed by atoms with Crippen molar-refractivity contribution in [3.8, 4) is 11.1 Å². The Labute approximate surface area is 180 Å². The second-order valence-electron chi connectivity index (χ2n) is 7.84. The van der Waals surface area contributed by atoms with Crippen molar-refractivity contribution in [2.24, 2.45) is 0 Å². The molecule has 2 atom stereocenters. The molecule has 0 aromatic heterocycles. The lowest BCUT2D eigenvalue weighted by Gasteiger charge is -2.24. The normalized spacial score (nSPS) is 20.3. The highest BCUT2D eigenvalue weighted by molar-refractivity contribution is 7.99. The molecule has 156 valence electrons. The molecule has 4 rings (SSSR count). The number of carbonyl (C=O) groups excluding carboxylic acids is 3. The number of anilines is 1. The van der Waals surface area contributed by atoms with Crippen molar-refractivity contribution >= 4 is 35.2 Å². The number of nitrogens with one attached hydrogen (secondary N) is 2. The van der Waals surface area contributed by atoms with E-state index in [0.29, 0.717) is 30.0 Å². The third-order valence-electron chi connectivity index (χ3n) is 5.97. The van der Waals surface area contributed by atoms with Crippen LogP contribution >= 0.6 is 11.8 Å². The average Bonchev–Trinajstić information content (AvgIpc) is 3.09. The van der Waals surface area contributed by atoms with Gasteiger partial charge in [0.25, 0.3) is 5.91 Å². The molecule has 7 heteroatoms. The lowest BCUT2D eigenvalue weighted by Crippen LogP contribution is -2.51. The van der Waals surface area contributed by atoms with Gasteiger partial charge in [-0.25, -0.2) is 0 Å². The number of carbonyl (C=O) groups is 3. The van der Waals surface area contributed by atoms with Gasteiger partial charge in [0, 0.05) is 6.54 Å². The fraction of sp³-hybridized carbons (Fsp3) is 0.348. The molecular weight excluding hydrogens is 398 g/mol. The van der Waals surface area contributed by atoms with Gasteiger partial charge >= 0.3 is 0 Å².